The van der Waals surface area contributed by atoms with Crippen LogP contribution in [0.4, 0.5) is 5.69 Å². The molecule has 2 unspecified atom stereocenters. The lowest BCUT2D eigenvalue weighted by Crippen LogP contribution is -2.40. The molecule has 150 valence electrons. The van der Waals surface area contributed by atoms with Crippen molar-refractivity contribution < 1.29 is 14.3 Å². The van der Waals surface area contributed by atoms with Gasteiger partial charge in [-0.15, -0.1) is 12.4 Å². The maximum absolute atomic E-state index is 12.4. The molecule has 1 aromatic rings. The molecule has 2 heterocycles. The third-order valence-electron chi connectivity index (χ3n) is 5.36. The highest BCUT2D eigenvalue weighted by molar-refractivity contribution is 5.96. The zero-order valence-electron chi connectivity index (χ0n) is 15.9. The first-order valence-electron chi connectivity index (χ1n) is 9.61. The van der Waals surface area contributed by atoms with Crippen LogP contribution in [0.2, 0.25) is 0 Å². The van der Waals surface area contributed by atoms with E-state index in [1.807, 2.05) is 0 Å². The van der Waals surface area contributed by atoms with Gasteiger partial charge in [-0.3, -0.25) is 9.59 Å². The van der Waals surface area contributed by atoms with Gasteiger partial charge in [0, 0.05) is 30.8 Å². The number of benzene rings is 1. The minimum Gasteiger partial charge on any atom is -0.378 e. The molecule has 0 aromatic heterocycles. The largest absolute Gasteiger partial charge is 0.378 e. The summed E-state index contributed by atoms with van der Waals surface area (Å²) >= 11 is 0. The normalized spacial score (nSPS) is 21.1. The Morgan fingerprint density at radius 1 is 1.26 bits per heavy atom. The summed E-state index contributed by atoms with van der Waals surface area (Å²) in [7, 11) is 0. The summed E-state index contributed by atoms with van der Waals surface area (Å²) in [5, 5.41) is 6.36. The van der Waals surface area contributed by atoms with Gasteiger partial charge in [-0.2, -0.15) is 0 Å². The van der Waals surface area contributed by atoms with Crippen LogP contribution >= 0.6 is 12.4 Å². The maximum atomic E-state index is 12.4. The van der Waals surface area contributed by atoms with Crippen molar-refractivity contribution in [2.45, 2.75) is 26.2 Å². The van der Waals surface area contributed by atoms with Crippen LogP contribution in [0.25, 0.3) is 0 Å². The van der Waals surface area contributed by atoms with E-state index < -0.39 is 0 Å². The van der Waals surface area contributed by atoms with Gasteiger partial charge in [0.2, 0.25) is 5.91 Å². The van der Waals surface area contributed by atoms with Crippen LogP contribution in [-0.2, 0) is 9.53 Å². The number of carbonyl (C=O) groups excluding carboxylic acids is 2. The quantitative estimate of drug-likeness (QED) is 0.803. The molecule has 7 heteroatoms. The maximum Gasteiger partial charge on any atom is 0.254 e. The first-order valence-corrected chi connectivity index (χ1v) is 9.61. The molecule has 2 fully saturated rings. The SMILES string of the molecule is CC(CC(=O)Nc1ccc(C(=O)N2CCOCC2)cc1)C1CCCNC1.Cl. The van der Waals surface area contributed by atoms with Crippen LogP contribution in [0.1, 0.15) is 36.5 Å². The van der Waals surface area contributed by atoms with Crippen LogP contribution in [0.5, 0.6) is 0 Å². The number of nitrogens with one attached hydrogen (secondary N) is 2. The van der Waals surface area contributed by atoms with Crippen molar-refractivity contribution in [3.8, 4) is 0 Å². The molecule has 1 aromatic carbocycles. The number of carbonyl (C=O) groups is 2. The molecular weight excluding hydrogens is 366 g/mol. The van der Waals surface area contributed by atoms with Crippen LogP contribution in [0.15, 0.2) is 24.3 Å². The number of hydrogen-bond acceptors (Lipinski definition) is 4. The van der Waals surface area contributed by atoms with Gasteiger partial charge in [0.1, 0.15) is 0 Å². The number of hydrogen-bond donors (Lipinski definition) is 2. The summed E-state index contributed by atoms with van der Waals surface area (Å²) in [6.07, 6.45) is 2.91. The Morgan fingerprint density at radius 2 is 1.96 bits per heavy atom. The fourth-order valence-corrected chi connectivity index (χ4v) is 3.68. The van der Waals surface area contributed by atoms with E-state index in [0.29, 0.717) is 50.1 Å². The average molecular weight is 396 g/mol. The predicted molar refractivity (Wildman–Crippen MR) is 108 cm³/mol. The van der Waals surface area contributed by atoms with E-state index in [-0.39, 0.29) is 24.2 Å². The zero-order chi connectivity index (χ0) is 18.4. The van der Waals surface area contributed by atoms with Crippen LogP contribution in [0.3, 0.4) is 0 Å². The second kappa shape index (κ2) is 10.6. The van der Waals surface area contributed by atoms with Gasteiger partial charge >= 0.3 is 0 Å². The van der Waals surface area contributed by atoms with Gasteiger partial charge in [-0.1, -0.05) is 6.92 Å². The molecule has 2 atom stereocenters. The summed E-state index contributed by atoms with van der Waals surface area (Å²) in [5.74, 6) is 0.993. The number of amides is 2. The van der Waals surface area contributed by atoms with E-state index in [0.717, 1.165) is 18.8 Å². The smallest absolute Gasteiger partial charge is 0.254 e. The molecule has 3 rings (SSSR count). The molecule has 2 saturated heterocycles. The second-order valence-corrected chi connectivity index (χ2v) is 7.32. The van der Waals surface area contributed by atoms with Crippen molar-refractivity contribution in [2.75, 3.05) is 44.7 Å². The summed E-state index contributed by atoms with van der Waals surface area (Å²) in [4.78, 5) is 26.5. The molecule has 2 N–H and O–H groups in total. The fraction of sp³-hybridized carbons (Fsp3) is 0.600. The molecule has 0 radical (unpaired) electrons. The Balaban J connectivity index is 0.00000261. The number of rotatable bonds is 5. The van der Waals surface area contributed by atoms with Crippen molar-refractivity contribution in [3.05, 3.63) is 29.8 Å². The minimum absolute atomic E-state index is 0. The van der Waals surface area contributed by atoms with Crippen molar-refractivity contribution >= 4 is 29.9 Å². The van der Waals surface area contributed by atoms with Crippen molar-refractivity contribution in [2.24, 2.45) is 11.8 Å². The van der Waals surface area contributed by atoms with E-state index >= 15 is 0 Å². The minimum atomic E-state index is 0. The van der Waals surface area contributed by atoms with Crippen LogP contribution in [-0.4, -0.2) is 56.1 Å². The van der Waals surface area contributed by atoms with Gasteiger partial charge in [0.15, 0.2) is 0 Å². The Bertz CT molecular complexity index is 611. The lowest BCUT2D eigenvalue weighted by molar-refractivity contribution is -0.117. The van der Waals surface area contributed by atoms with Crippen molar-refractivity contribution in [3.63, 3.8) is 0 Å². The van der Waals surface area contributed by atoms with Gasteiger partial charge in [0.05, 0.1) is 13.2 Å². The van der Waals surface area contributed by atoms with E-state index in [9.17, 15) is 9.59 Å². The number of halogens is 1. The van der Waals surface area contributed by atoms with Crippen molar-refractivity contribution in [1.29, 1.82) is 0 Å². The molecule has 0 saturated carbocycles. The Hall–Kier alpha value is -1.63. The molecule has 0 spiro atoms. The number of anilines is 1. The second-order valence-electron chi connectivity index (χ2n) is 7.32. The third kappa shape index (κ3) is 6.19. The number of piperidine rings is 1. The van der Waals surface area contributed by atoms with Gasteiger partial charge in [0.25, 0.3) is 5.91 Å². The highest BCUT2D eigenvalue weighted by atomic mass is 35.5. The molecule has 2 aliphatic rings. The fourth-order valence-electron chi connectivity index (χ4n) is 3.68. The van der Waals surface area contributed by atoms with Crippen LogP contribution in [0, 0.1) is 11.8 Å². The standard InChI is InChI=1S/C20H29N3O3.ClH/c1-15(17-3-2-8-21-14-17)13-19(24)22-18-6-4-16(5-7-18)20(25)23-9-11-26-12-10-23;/h4-7,15,17,21H,2-3,8-14H2,1H3,(H,22,24);1H. The van der Waals surface area contributed by atoms with Crippen molar-refractivity contribution in [1.82, 2.24) is 10.2 Å². The lowest BCUT2D eigenvalue weighted by atomic mass is 9.85. The first-order chi connectivity index (χ1) is 12.6. The first kappa shape index (κ1) is 21.7. The summed E-state index contributed by atoms with van der Waals surface area (Å²) in [6.45, 7) is 6.69. The summed E-state index contributed by atoms with van der Waals surface area (Å²) in [6, 6.07) is 7.17. The van der Waals surface area contributed by atoms with Crippen LogP contribution < -0.4 is 10.6 Å². The molecule has 2 amide bonds. The Labute approximate surface area is 167 Å². The molecular formula is C20H30ClN3O3. The van der Waals surface area contributed by atoms with E-state index in [1.54, 1.807) is 29.2 Å². The Kier molecular flexibility index (Phi) is 8.54. The highest BCUT2D eigenvalue weighted by Gasteiger charge is 2.22. The monoisotopic (exact) mass is 395 g/mol. The Morgan fingerprint density at radius 3 is 2.59 bits per heavy atom. The zero-order valence-corrected chi connectivity index (χ0v) is 16.7. The van der Waals surface area contributed by atoms with E-state index in [4.69, 9.17) is 4.74 Å². The van der Waals surface area contributed by atoms with Gasteiger partial charge < -0.3 is 20.3 Å². The topological polar surface area (TPSA) is 70.7 Å². The molecule has 0 bridgehead atoms. The van der Waals surface area contributed by atoms with E-state index in [1.165, 1.54) is 12.8 Å². The lowest BCUT2D eigenvalue weighted by Gasteiger charge is -2.28. The molecule has 27 heavy (non-hydrogen) atoms. The number of ether oxygens (including phenoxy) is 1. The van der Waals surface area contributed by atoms with E-state index in [2.05, 4.69) is 17.6 Å². The molecule has 6 nitrogen and oxygen atoms in total. The highest BCUT2D eigenvalue weighted by Crippen LogP contribution is 2.23. The summed E-state index contributed by atoms with van der Waals surface area (Å²) < 4.78 is 5.28. The van der Waals surface area contributed by atoms with Gasteiger partial charge in [-0.25, -0.2) is 0 Å². The number of nitrogens with zero attached hydrogens (tertiary/aromatic N) is 1. The molecule has 0 aliphatic carbocycles. The van der Waals surface area contributed by atoms with Gasteiger partial charge in [-0.05, 0) is 62.0 Å². The summed E-state index contributed by atoms with van der Waals surface area (Å²) in [5.41, 5.74) is 1.38. The average Bonchev–Trinajstić information content (AvgIpc) is 2.69. The molecule has 2 aliphatic heterocycles. The third-order valence-corrected chi connectivity index (χ3v) is 5.36. The number of morpholine rings is 1. The predicted octanol–water partition coefficient (Wildman–Crippen LogP) is 2.55.